The van der Waals surface area contributed by atoms with Crippen molar-refractivity contribution in [1.82, 2.24) is 14.9 Å². The fourth-order valence-corrected chi connectivity index (χ4v) is 2.11. The quantitative estimate of drug-likeness (QED) is 0.654. The van der Waals surface area contributed by atoms with Gasteiger partial charge in [-0.05, 0) is 24.4 Å². The van der Waals surface area contributed by atoms with E-state index in [1.807, 2.05) is 0 Å². The monoisotopic (exact) mass is 362 g/mol. The third kappa shape index (κ3) is 3.35. The molecule has 7 nitrogen and oxygen atoms in total. The number of hydrogen-bond acceptors (Lipinski definition) is 6. The number of aromatic amines is 1. The molecule has 2 aromatic rings. The SMILES string of the molecule is COc1ccc(/C=N\n2c(C(F)(F)F)n[nH]c2=S)c(OC)c1OC. The smallest absolute Gasteiger partial charge is 0.453 e. The predicted molar refractivity (Wildman–Crippen MR) is 81.5 cm³/mol. The Labute approximate surface area is 139 Å². The maximum absolute atomic E-state index is 12.9. The molecule has 1 aromatic heterocycles. The maximum Gasteiger partial charge on any atom is 0.453 e. The first-order chi connectivity index (χ1) is 11.3. The Morgan fingerprint density at radius 2 is 1.83 bits per heavy atom. The zero-order valence-corrected chi connectivity index (χ0v) is 13.7. The number of hydrogen-bond donors (Lipinski definition) is 1. The van der Waals surface area contributed by atoms with E-state index in [1.165, 1.54) is 21.3 Å². The summed E-state index contributed by atoms with van der Waals surface area (Å²) in [5, 5.41) is 8.93. The van der Waals surface area contributed by atoms with Crippen molar-refractivity contribution in [3.05, 3.63) is 28.3 Å². The number of H-pyrrole nitrogens is 1. The van der Waals surface area contributed by atoms with Gasteiger partial charge in [-0.25, -0.2) is 5.10 Å². The van der Waals surface area contributed by atoms with Crippen LogP contribution < -0.4 is 14.2 Å². The summed E-state index contributed by atoms with van der Waals surface area (Å²) in [6.45, 7) is 0. The standard InChI is InChI=1S/C13H13F3N4O3S/c1-21-8-5-4-7(9(22-2)10(8)23-3)6-17-20-11(13(14,15)16)18-19-12(20)24/h4-6H,1-3H3,(H,19,24)/b17-6-. The van der Waals surface area contributed by atoms with Gasteiger partial charge in [-0.3, -0.25) is 0 Å². The second-order valence-corrected chi connectivity index (χ2v) is 4.72. The van der Waals surface area contributed by atoms with Gasteiger partial charge in [-0.1, -0.05) is 0 Å². The van der Waals surface area contributed by atoms with Crippen LogP contribution in [0.3, 0.4) is 0 Å². The molecule has 0 aliphatic carbocycles. The normalized spacial score (nSPS) is 11.8. The molecule has 11 heteroatoms. The van der Waals surface area contributed by atoms with E-state index in [4.69, 9.17) is 26.4 Å². The highest BCUT2D eigenvalue weighted by Crippen LogP contribution is 2.39. The van der Waals surface area contributed by atoms with Crippen LogP contribution in [0.4, 0.5) is 13.2 Å². The number of halogens is 3. The molecule has 0 spiro atoms. The Balaban J connectivity index is 2.51. The van der Waals surface area contributed by atoms with Crippen LogP contribution in [-0.4, -0.2) is 42.4 Å². The fraction of sp³-hybridized carbons (Fsp3) is 0.308. The number of alkyl halides is 3. The summed E-state index contributed by atoms with van der Waals surface area (Å²) in [4.78, 5) is 0. The summed E-state index contributed by atoms with van der Waals surface area (Å²) in [6.07, 6.45) is -3.55. The van der Waals surface area contributed by atoms with E-state index in [0.29, 0.717) is 16.0 Å². The van der Waals surface area contributed by atoms with Crippen molar-refractivity contribution in [2.24, 2.45) is 5.10 Å². The van der Waals surface area contributed by atoms with Crippen LogP contribution in [0.2, 0.25) is 0 Å². The number of ether oxygens (including phenoxy) is 3. The Morgan fingerprint density at radius 1 is 1.17 bits per heavy atom. The number of benzene rings is 1. The van der Waals surface area contributed by atoms with Gasteiger partial charge >= 0.3 is 6.18 Å². The summed E-state index contributed by atoms with van der Waals surface area (Å²) < 4.78 is 54.3. The Bertz CT molecular complexity index is 814. The lowest BCUT2D eigenvalue weighted by Crippen LogP contribution is -2.13. The van der Waals surface area contributed by atoms with Crippen molar-refractivity contribution in [1.29, 1.82) is 0 Å². The molecule has 0 atom stereocenters. The Hall–Kier alpha value is -2.56. The van der Waals surface area contributed by atoms with Crippen LogP contribution in [0, 0.1) is 4.77 Å². The zero-order chi connectivity index (χ0) is 17.9. The molecule has 0 saturated carbocycles. The van der Waals surface area contributed by atoms with E-state index in [1.54, 1.807) is 12.1 Å². The summed E-state index contributed by atoms with van der Waals surface area (Å²) in [7, 11) is 4.25. The minimum absolute atomic E-state index is 0.254. The van der Waals surface area contributed by atoms with Gasteiger partial charge in [0.05, 0.1) is 27.5 Å². The minimum Gasteiger partial charge on any atom is -0.493 e. The largest absolute Gasteiger partial charge is 0.493 e. The van der Waals surface area contributed by atoms with E-state index in [0.717, 1.165) is 6.21 Å². The third-order valence-electron chi connectivity index (χ3n) is 2.95. The van der Waals surface area contributed by atoms with E-state index in [9.17, 15) is 13.2 Å². The first kappa shape index (κ1) is 17.8. The third-order valence-corrected chi connectivity index (χ3v) is 3.22. The van der Waals surface area contributed by atoms with Crippen molar-refractivity contribution in [3.63, 3.8) is 0 Å². The first-order valence-electron chi connectivity index (χ1n) is 6.41. The van der Waals surface area contributed by atoms with Gasteiger partial charge < -0.3 is 14.2 Å². The lowest BCUT2D eigenvalue weighted by atomic mass is 10.2. The molecule has 0 unspecified atom stereocenters. The zero-order valence-electron chi connectivity index (χ0n) is 12.8. The lowest BCUT2D eigenvalue weighted by molar-refractivity contribution is -0.147. The molecule has 130 valence electrons. The molecular weight excluding hydrogens is 349 g/mol. The fourth-order valence-electron chi connectivity index (χ4n) is 1.93. The molecule has 0 aliphatic heterocycles. The van der Waals surface area contributed by atoms with Crippen molar-refractivity contribution in [2.75, 3.05) is 21.3 Å². The molecule has 0 amide bonds. The highest BCUT2D eigenvalue weighted by Gasteiger charge is 2.37. The number of methoxy groups -OCH3 is 3. The molecule has 1 heterocycles. The summed E-state index contributed by atoms with van der Waals surface area (Å²) in [5.74, 6) is -0.314. The van der Waals surface area contributed by atoms with Crippen LogP contribution >= 0.6 is 12.2 Å². The van der Waals surface area contributed by atoms with Gasteiger partial charge in [0.25, 0.3) is 5.82 Å². The minimum atomic E-state index is -4.70. The molecule has 0 aliphatic rings. The number of aromatic nitrogens is 3. The van der Waals surface area contributed by atoms with Crippen molar-refractivity contribution in [3.8, 4) is 17.2 Å². The average molecular weight is 362 g/mol. The molecule has 0 bridgehead atoms. The van der Waals surface area contributed by atoms with Crippen LogP contribution in [0.25, 0.3) is 0 Å². The second kappa shape index (κ2) is 6.91. The van der Waals surface area contributed by atoms with E-state index in [-0.39, 0.29) is 16.3 Å². The van der Waals surface area contributed by atoms with Crippen LogP contribution in [0.1, 0.15) is 11.4 Å². The lowest BCUT2D eigenvalue weighted by Gasteiger charge is -2.13. The second-order valence-electron chi connectivity index (χ2n) is 4.33. The summed E-state index contributed by atoms with van der Waals surface area (Å²) >= 11 is 4.76. The van der Waals surface area contributed by atoms with Gasteiger partial charge in [-0.2, -0.15) is 22.9 Å². The number of nitrogens with one attached hydrogen (secondary N) is 1. The van der Waals surface area contributed by atoms with E-state index in [2.05, 4.69) is 15.3 Å². The molecular formula is C13H13F3N4O3S. The molecule has 0 saturated heterocycles. The van der Waals surface area contributed by atoms with Gasteiger partial charge in [-0.15, -0.1) is 5.10 Å². The van der Waals surface area contributed by atoms with Crippen LogP contribution in [0.5, 0.6) is 17.2 Å². The van der Waals surface area contributed by atoms with Crippen molar-refractivity contribution >= 4 is 18.4 Å². The van der Waals surface area contributed by atoms with Crippen LogP contribution in [-0.2, 0) is 6.18 Å². The summed E-state index contributed by atoms with van der Waals surface area (Å²) in [5.41, 5.74) is 0.367. The predicted octanol–water partition coefficient (Wildman–Crippen LogP) is 2.87. The van der Waals surface area contributed by atoms with Crippen LogP contribution in [0.15, 0.2) is 17.2 Å². The highest BCUT2D eigenvalue weighted by molar-refractivity contribution is 7.71. The van der Waals surface area contributed by atoms with Gasteiger partial charge in [0.2, 0.25) is 10.5 Å². The average Bonchev–Trinajstić information content (AvgIpc) is 2.92. The van der Waals surface area contributed by atoms with Gasteiger partial charge in [0, 0.05) is 5.56 Å². The van der Waals surface area contributed by atoms with Crippen molar-refractivity contribution < 1.29 is 27.4 Å². The Kier molecular flexibility index (Phi) is 5.12. The maximum atomic E-state index is 12.9. The molecule has 0 radical (unpaired) electrons. The first-order valence-corrected chi connectivity index (χ1v) is 6.82. The topological polar surface area (TPSA) is 73.7 Å². The number of rotatable bonds is 5. The van der Waals surface area contributed by atoms with E-state index < -0.39 is 12.0 Å². The molecule has 2 rings (SSSR count). The van der Waals surface area contributed by atoms with Crippen molar-refractivity contribution in [2.45, 2.75) is 6.18 Å². The molecule has 24 heavy (non-hydrogen) atoms. The summed E-state index contributed by atoms with van der Waals surface area (Å²) in [6, 6.07) is 3.13. The van der Waals surface area contributed by atoms with Gasteiger partial charge in [0.15, 0.2) is 11.5 Å². The Morgan fingerprint density at radius 3 is 2.38 bits per heavy atom. The van der Waals surface area contributed by atoms with E-state index >= 15 is 0 Å². The van der Waals surface area contributed by atoms with Gasteiger partial charge in [0.1, 0.15) is 0 Å². The molecule has 1 N–H and O–H groups in total. The highest BCUT2D eigenvalue weighted by atomic mass is 32.1. The molecule has 1 aromatic carbocycles. The number of nitrogens with zero attached hydrogens (tertiary/aromatic N) is 3. The molecule has 0 fully saturated rings.